The Morgan fingerprint density at radius 1 is 1.21 bits per heavy atom. The smallest absolute Gasteiger partial charge is 0.243 e. The number of aromatic nitrogens is 2. The van der Waals surface area contributed by atoms with Gasteiger partial charge in [0.25, 0.3) is 0 Å². The molecule has 0 saturated carbocycles. The third-order valence-electron chi connectivity index (χ3n) is 6.73. The molecule has 2 aromatic carbocycles. The van der Waals surface area contributed by atoms with E-state index in [1.165, 1.54) is 11.8 Å². The maximum Gasteiger partial charge on any atom is 0.243 e. The minimum atomic E-state index is -0.641. The highest BCUT2D eigenvalue weighted by Gasteiger charge is 2.47. The van der Waals surface area contributed by atoms with Crippen LogP contribution in [-0.2, 0) is 28.0 Å². The Labute approximate surface area is 230 Å². The Kier molecular flexibility index (Phi) is 7.97. The van der Waals surface area contributed by atoms with Crippen molar-refractivity contribution in [2.75, 3.05) is 7.11 Å². The molecule has 5 rings (SSSR count). The molecule has 0 radical (unpaired) electrons. The van der Waals surface area contributed by atoms with Crippen LogP contribution in [0.2, 0.25) is 0 Å². The van der Waals surface area contributed by atoms with E-state index >= 15 is 0 Å². The summed E-state index contributed by atoms with van der Waals surface area (Å²) < 4.78 is 7.01. The van der Waals surface area contributed by atoms with Crippen LogP contribution in [0.15, 0.2) is 72.0 Å². The van der Waals surface area contributed by atoms with Gasteiger partial charge in [0.05, 0.1) is 31.1 Å². The fraction of sp³-hybridized carbons (Fsp3) is 0.321. The third kappa shape index (κ3) is 6.14. The number of carbonyl (C=O) groups is 3. The first-order valence-electron chi connectivity index (χ1n) is 12.7. The number of carbonyl (C=O) groups excluding carboxylic acids is 3. The normalized spacial score (nSPS) is 22.2. The minimum Gasteiger partial charge on any atom is -0.497 e. The van der Waals surface area contributed by atoms with Crippen molar-refractivity contribution in [1.29, 1.82) is 0 Å². The van der Waals surface area contributed by atoms with Gasteiger partial charge in [0.15, 0.2) is 5.17 Å². The summed E-state index contributed by atoms with van der Waals surface area (Å²) in [7, 11) is 3.39. The molecule has 2 aliphatic rings. The van der Waals surface area contributed by atoms with E-state index in [4.69, 9.17) is 9.73 Å². The van der Waals surface area contributed by atoms with Crippen LogP contribution in [0.5, 0.6) is 5.75 Å². The maximum atomic E-state index is 13.9. The van der Waals surface area contributed by atoms with E-state index in [0.29, 0.717) is 29.6 Å². The number of amidine groups is 1. The molecule has 39 heavy (non-hydrogen) atoms. The lowest BCUT2D eigenvalue weighted by molar-refractivity contribution is -0.133. The summed E-state index contributed by atoms with van der Waals surface area (Å²) in [5.74, 6) is 0.148. The molecule has 3 amide bonds. The maximum absolute atomic E-state index is 13.9. The summed E-state index contributed by atoms with van der Waals surface area (Å²) in [4.78, 5) is 45.6. The van der Waals surface area contributed by atoms with Crippen LogP contribution in [0.1, 0.15) is 36.4 Å². The van der Waals surface area contributed by atoms with Crippen molar-refractivity contribution < 1.29 is 19.1 Å². The van der Waals surface area contributed by atoms with Crippen LogP contribution >= 0.6 is 11.8 Å². The Balaban J connectivity index is 1.42. The van der Waals surface area contributed by atoms with Crippen LogP contribution in [0.25, 0.3) is 0 Å². The van der Waals surface area contributed by atoms with E-state index in [9.17, 15) is 14.4 Å². The van der Waals surface area contributed by atoms with Gasteiger partial charge in [-0.25, -0.2) is 4.99 Å². The predicted molar refractivity (Wildman–Crippen MR) is 148 cm³/mol. The molecule has 3 atom stereocenters. The first kappa shape index (κ1) is 26.5. The van der Waals surface area contributed by atoms with Crippen molar-refractivity contribution in [3.63, 3.8) is 0 Å². The van der Waals surface area contributed by atoms with Gasteiger partial charge in [-0.05, 0) is 24.1 Å². The van der Waals surface area contributed by atoms with Crippen molar-refractivity contribution in [3.05, 3.63) is 78.1 Å². The van der Waals surface area contributed by atoms with Crippen molar-refractivity contribution in [2.24, 2.45) is 12.0 Å². The molecular weight excluding hydrogens is 516 g/mol. The molecule has 2 N–H and O–H groups in total. The summed E-state index contributed by atoms with van der Waals surface area (Å²) in [5, 5.41) is 10.1. The number of methoxy groups -OCH3 is 1. The average molecular weight is 547 g/mol. The molecule has 2 aliphatic heterocycles. The molecule has 11 heteroatoms. The number of piperidine rings is 1. The van der Waals surface area contributed by atoms with Crippen molar-refractivity contribution in [1.82, 2.24) is 25.3 Å². The number of benzene rings is 2. The van der Waals surface area contributed by atoms with Gasteiger partial charge in [-0.15, -0.1) is 0 Å². The molecule has 10 nitrogen and oxygen atoms in total. The van der Waals surface area contributed by atoms with E-state index in [1.54, 1.807) is 36.0 Å². The van der Waals surface area contributed by atoms with Gasteiger partial charge < -0.3 is 15.4 Å². The van der Waals surface area contributed by atoms with Crippen LogP contribution in [-0.4, -0.2) is 56.0 Å². The highest BCUT2D eigenvalue weighted by Crippen LogP contribution is 2.39. The molecule has 3 aromatic rings. The quantitative estimate of drug-likeness (QED) is 0.448. The van der Waals surface area contributed by atoms with Gasteiger partial charge in [-0.1, -0.05) is 48.2 Å². The van der Waals surface area contributed by atoms with Crippen LogP contribution in [0.4, 0.5) is 5.69 Å². The van der Waals surface area contributed by atoms with Crippen LogP contribution < -0.4 is 15.4 Å². The molecule has 0 bridgehead atoms. The second kappa shape index (κ2) is 11.7. The highest BCUT2D eigenvalue weighted by atomic mass is 32.2. The lowest BCUT2D eigenvalue weighted by atomic mass is 9.92. The summed E-state index contributed by atoms with van der Waals surface area (Å²) in [6.07, 6.45) is 4.29. The molecule has 1 unspecified atom stereocenters. The van der Waals surface area contributed by atoms with E-state index < -0.39 is 11.3 Å². The molecule has 1 aromatic heterocycles. The molecule has 0 spiro atoms. The second-order valence-electron chi connectivity index (χ2n) is 9.48. The number of hydrogen-bond donors (Lipinski definition) is 2. The molecular formula is C28H30N6O4S. The summed E-state index contributed by atoms with van der Waals surface area (Å²) in [5.41, 5.74) is 2.41. The van der Waals surface area contributed by atoms with Gasteiger partial charge >= 0.3 is 0 Å². The number of thioether (sulfide) groups is 1. The van der Waals surface area contributed by atoms with Crippen molar-refractivity contribution in [2.45, 2.75) is 43.1 Å². The van der Waals surface area contributed by atoms with Gasteiger partial charge in [0.2, 0.25) is 17.7 Å². The van der Waals surface area contributed by atoms with E-state index in [0.717, 1.165) is 11.1 Å². The summed E-state index contributed by atoms with van der Waals surface area (Å²) >= 11 is 1.27. The summed E-state index contributed by atoms with van der Waals surface area (Å²) in [6, 6.07) is 16.1. The number of hydrogen-bond acceptors (Lipinski definition) is 7. The molecule has 2 saturated heterocycles. The first-order valence-corrected chi connectivity index (χ1v) is 13.6. The van der Waals surface area contributed by atoms with E-state index in [1.807, 2.05) is 54.7 Å². The largest absolute Gasteiger partial charge is 0.497 e. The van der Waals surface area contributed by atoms with Crippen LogP contribution in [0.3, 0.4) is 0 Å². The molecule has 0 aliphatic carbocycles. The lowest BCUT2D eigenvalue weighted by Crippen LogP contribution is -2.52. The summed E-state index contributed by atoms with van der Waals surface area (Å²) in [6.45, 7) is 0.386. The Morgan fingerprint density at radius 3 is 2.77 bits per heavy atom. The number of aliphatic imine (C=N–C) groups is 1. The Bertz CT molecular complexity index is 1390. The number of amides is 3. The number of rotatable bonds is 8. The van der Waals surface area contributed by atoms with Gasteiger partial charge in [0.1, 0.15) is 11.0 Å². The van der Waals surface area contributed by atoms with Gasteiger partial charge in [-0.3, -0.25) is 24.0 Å². The topological polar surface area (TPSA) is 118 Å². The number of ether oxygens (including phenoxy) is 1. The zero-order valence-electron chi connectivity index (χ0n) is 21.7. The molecule has 3 heterocycles. The van der Waals surface area contributed by atoms with Gasteiger partial charge in [0, 0.05) is 44.3 Å². The van der Waals surface area contributed by atoms with Gasteiger partial charge in [-0.2, -0.15) is 5.10 Å². The number of nitrogens with one attached hydrogen (secondary N) is 2. The fourth-order valence-electron chi connectivity index (χ4n) is 4.80. The molecule has 2 fully saturated rings. The highest BCUT2D eigenvalue weighted by molar-refractivity contribution is 8.15. The van der Waals surface area contributed by atoms with Crippen LogP contribution in [0, 0.1) is 0 Å². The standard InChI is InChI=1S/C28H30N6O4S/c1-33-17-19(16-30-33)26-22(11-12-24(35)32-26)34-27(37)23(14-25(36)29-15-18-7-4-3-5-8-18)39-28(34)31-20-9-6-10-21(13-20)38-2/h3-10,13,16-17,22-23,26H,11-12,14-15H2,1-2H3,(H,29,36)(H,32,35)/t22-,23?,26+/m1/s1. The zero-order chi connectivity index (χ0) is 27.4. The lowest BCUT2D eigenvalue weighted by Gasteiger charge is -2.37. The second-order valence-corrected chi connectivity index (χ2v) is 10.6. The number of nitrogens with zero attached hydrogens (tertiary/aromatic N) is 4. The van der Waals surface area contributed by atoms with E-state index in [-0.39, 0.29) is 36.6 Å². The fourth-order valence-corrected chi connectivity index (χ4v) is 6.00. The first-order chi connectivity index (χ1) is 18.9. The monoisotopic (exact) mass is 546 g/mol. The number of aryl methyl sites for hydroxylation is 1. The third-order valence-corrected chi connectivity index (χ3v) is 7.88. The SMILES string of the molecule is COc1cccc(N=C2SC(CC(=O)NCc3ccccc3)C(=O)N2[C@@H]2CCC(=O)N[C@H]2c2cnn(C)c2)c1. The van der Waals surface area contributed by atoms with E-state index in [2.05, 4.69) is 15.7 Å². The predicted octanol–water partition coefficient (Wildman–Crippen LogP) is 3.09. The minimum absolute atomic E-state index is 0.0145. The van der Waals surface area contributed by atoms with Crippen molar-refractivity contribution in [3.8, 4) is 5.75 Å². The Hall–Kier alpha value is -4.12. The average Bonchev–Trinajstić information content (AvgIpc) is 3.50. The Morgan fingerprint density at radius 2 is 2.03 bits per heavy atom. The zero-order valence-corrected chi connectivity index (χ0v) is 22.6. The molecule has 202 valence electrons. The van der Waals surface area contributed by atoms with Crippen molar-refractivity contribution >= 4 is 40.3 Å².